The van der Waals surface area contributed by atoms with Crippen molar-refractivity contribution in [3.8, 4) is 0 Å². The first-order valence-electron chi connectivity index (χ1n) is 9.70. The Hall–Kier alpha value is -3.21. The molecule has 1 aromatic heterocycles. The summed E-state index contributed by atoms with van der Waals surface area (Å²) < 4.78 is 0. The Morgan fingerprint density at radius 2 is 1.86 bits per heavy atom. The topological polar surface area (TPSA) is 58.1 Å². The number of piperidine rings is 1. The van der Waals surface area contributed by atoms with Crippen LogP contribution in [-0.2, 0) is 0 Å². The van der Waals surface area contributed by atoms with Crippen LogP contribution in [0.3, 0.4) is 0 Å². The number of aromatic nitrogens is 2. The van der Waals surface area contributed by atoms with Crippen LogP contribution in [0.5, 0.6) is 0 Å². The number of carbonyl (C=O) groups excluding carboxylic acids is 1. The molecule has 28 heavy (non-hydrogen) atoms. The van der Waals surface area contributed by atoms with E-state index >= 15 is 0 Å². The summed E-state index contributed by atoms with van der Waals surface area (Å²) in [6.45, 7) is 3.54. The molecule has 1 amide bonds. The first-order valence-corrected chi connectivity index (χ1v) is 9.70. The highest BCUT2D eigenvalue weighted by atomic mass is 16.2. The Balaban J connectivity index is 1.49. The van der Waals surface area contributed by atoms with E-state index in [1.54, 1.807) is 6.20 Å². The van der Waals surface area contributed by atoms with Crippen molar-refractivity contribution in [2.45, 2.75) is 25.7 Å². The molecule has 0 bridgehead atoms. The van der Waals surface area contributed by atoms with Crippen LogP contribution < -0.4 is 5.32 Å². The van der Waals surface area contributed by atoms with Gasteiger partial charge in [0.1, 0.15) is 0 Å². The summed E-state index contributed by atoms with van der Waals surface area (Å²) in [6, 6.07) is 19.5. The maximum Gasteiger partial charge on any atom is 0.253 e. The number of hydrogen-bond donors (Lipinski definition) is 1. The van der Waals surface area contributed by atoms with Crippen molar-refractivity contribution in [3.05, 3.63) is 83.7 Å². The monoisotopic (exact) mass is 372 g/mol. The highest BCUT2D eigenvalue weighted by Gasteiger charge is 2.26. The number of benzene rings is 2. The highest BCUT2D eigenvalue weighted by Crippen LogP contribution is 2.27. The zero-order chi connectivity index (χ0) is 19.3. The van der Waals surface area contributed by atoms with Crippen molar-refractivity contribution >= 4 is 17.5 Å². The molecule has 1 aliphatic rings. The van der Waals surface area contributed by atoms with Gasteiger partial charge in [0.2, 0.25) is 5.95 Å². The number of nitrogens with zero attached hydrogens (tertiary/aromatic N) is 3. The third-order valence-corrected chi connectivity index (χ3v) is 5.22. The molecule has 2 heterocycles. The van der Waals surface area contributed by atoms with Gasteiger partial charge in [-0.3, -0.25) is 4.79 Å². The molecule has 1 aliphatic heterocycles. The Kier molecular flexibility index (Phi) is 5.33. The fraction of sp³-hybridized carbons (Fsp3) is 0.261. The molecule has 0 spiro atoms. The largest absolute Gasteiger partial charge is 0.338 e. The minimum absolute atomic E-state index is 0.0950. The number of para-hydroxylation sites is 1. The molecule has 1 fully saturated rings. The van der Waals surface area contributed by atoms with Crippen molar-refractivity contribution in [2.75, 3.05) is 18.4 Å². The molecule has 0 saturated carbocycles. The third-order valence-electron chi connectivity index (χ3n) is 5.22. The number of likely N-dealkylation sites (tertiary alicyclic amines) is 1. The average Bonchev–Trinajstić information content (AvgIpc) is 2.76. The van der Waals surface area contributed by atoms with Crippen molar-refractivity contribution in [2.24, 2.45) is 0 Å². The summed E-state index contributed by atoms with van der Waals surface area (Å²) in [7, 11) is 0. The molecule has 5 nitrogen and oxygen atoms in total. The van der Waals surface area contributed by atoms with Crippen molar-refractivity contribution in [1.29, 1.82) is 0 Å². The Labute approximate surface area is 165 Å². The zero-order valence-electron chi connectivity index (χ0n) is 16.0. The molecule has 1 saturated heterocycles. The summed E-state index contributed by atoms with van der Waals surface area (Å²) >= 11 is 0. The molecule has 4 rings (SSSR count). The summed E-state index contributed by atoms with van der Waals surface area (Å²) in [5.74, 6) is 0.915. The van der Waals surface area contributed by atoms with Gasteiger partial charge in [0.25, 0.3) is 5.91 Å². The lowest BCUT2D eigenvalue weighted by molar-refractivity contribution is 0.0706. The first kappa shape index (κ1) is 18.2. The smallest absolute Gasteiger partial charge is 0.253 e. The van der Waals surface area contributed by atoms with Crippen molar-refractivity contribution < 1.29 is 4.79 Å². The second kappa shape index (κ2) is 8.21. The second-order valence-corrected chi connectivity index (χ2v) is 7.20. The molecule has 2 aromatic carbocycles. The fourth-order valence-electron chi connectivity index (χ4n) is 3.66. The number of rotatable bonds is 4. The van der Waals surface area contributed by atoms with E-state index in [-0.39, 0.29) is 11.8 Å². The number of amides is 1. The van der Waals surface area contributed by atoms with Crippen molar-refractivity contribution in [3.63, 3.8) is 0 Å². The normalized spacial score (nSPS) is 16.6. The molecular formula is C23H24N4O. The van der Waals surface area contributed by atoms with E-state index in [0.717, 1.165) is 41.9 Å². The van der Waals surface area contributed by atoms with E-state index < -0.39 is 0 Å². The predicted octanol–water partition coefficient (Wildman–Crippen LogP) is 4.55. The maximum atomic E-state index is 12.8. The van der Waals surface area contributed by atoms with Gasteiger partial charge < -0.3 is 10.2 Å². The zero-order valence-corrected chi connectivity index (χ0v) is 16.0. The van der Waals surface area contributed by atoms with E-state index in [1.807, 2.05) is 59.5 Å². The lowest BCUT2D eigenvalue weighted by atomic mass is 9.94. The SMILES string of the molecule is Cc1ccccc1Nc1nccc([C@H]2CCCN(C(=O)c3ccccc3)C2)n1. The van der Waals surface area contributed by atoms with E-state index in [1.165, 1.54) is 0 Å². The van der Waals surface area contributed by atoms with Gasteiger partial charge in [-0.15, -0.1) is 0 Å². The van der Waals surface area contributed by atoms with Crippen LogP contribution in [0.15, 0.2) is 66.9 Å². The van der Waals surface area contributed by atoms with Gasteiger partial charge in [-0.25, -0.2) is 9.97 Å². The lowest BCUT2D eigenvalue weighted by Gasteiger charge is -2.32. The Morgan fingerprint density at radius 1 is 1.07 bits per heavy atom. The molecule has 0 radical (unpaired) electrons. The van der Waals surface area contributed by atoms with Crippen LogP contribution in [-0.4, -0.2) is 33.9 Å². The third kappa shape index (κ3) is 4.03. The lowest BCUT2D eigenvalue weighted by Crippen LogP contribution is -2.39. The van der Waals surface area contributed by atoms with Gasteiger partial charge in [0, 0.05) is 36.5 Å². The van der Waals surface area contributed by atoms with E-state index in [0.29, 0.717) is 12.5 Å². The van der Waals surface area contributed by atoms with Crippen LogP contribution in [0, 0.1) is 6.92 Å². The average molecular weight is 372 g/mol. The summed E-state index contributed by atoms with van der Waals surface area (Å²) in [5.41, 5.74) is 3.88. The molecule has 142 valence electrons. The predicted molar refractivity (Wildman–Crippen MR) is 111 cm³/mol. The molecule has 1 N–H and O–H groups in total. The van der Waals surface area contributed by atoms with Crippen LogP contribution in [0.2, 0.25) is 0 Å². The number of carbonyl (C=O) groups is 1. The Morgan fingerprint density at radius 3 is 2.68 bits per heavy atom. The summed E-state index contributed by atoms with van der Waals surface area (Å²) in [6.07, 6.45) is 3.80. The van der Waals surface area contributed by atoms with E-state index in [2.05, 4.69) is 23.3 Å². The molecule has 5 heteroatoms. The summed E-state index contributed by atoms with van der Waals surface area (Å²) in [4.78, 5) is 23.9. The van der Waals surface area contributed by atoms with Gasteiger partial charge in [0.15, 0.2) is 0 Å². The quantitative estimate of drug-likeness (QED) is 0.730. The highest BCUT2D eigenvalue weighted by molar-refractivity contribution is 5.94. The van der Waals surface area contributed by atoms with E-state index in [4.69, 9.17) is 4.98 Å². The van der Waals surface area contributed by atoms with Gasteiger partial charge in [-0.2, -0.15) is 0 Å². The number of aryl methyl sites for hydroxylation is 1. The molecule has 3 aromatic rings. The first-order chi connectivity index (χ1) is 13.7. The van der Waals surface area contributed by atoms with Gasteiger partial charge >= 0.3 is 0 Å². The van der Waals surface area contributed by atoms with E-state index in [9.17, 15) is 4.79 Å². The minimum Gasteiger partial charge on any atom is -0.338 e. The van der Waals surface area contributed by atoms with Gasteiger partial charge in [-0.05, 0) is 49.6 Å². The molecule has 1 atom stereocenters. The fourth-order valence-corrected chi connectivity index (χ4v) is 3.66. The Bertz CT molecular complexity index is 958. The molecule has 0 aliphatic carbocycles. The van der Waals surface area contributed by atoms with Crippen LogP contribution in [0.25, 0.3) is 0 Å². The van der Waals surface area contributed by atoms with Crippen molar-refractivity contribution in [1.82, 2.24) is 14.9 Å². The minimum atomic E-state index is 0.0950. The van der Waals surface area contributed by atoms with Gasteiger partial charge in [0.05, 0.1) is 5.69 Å². The molecule has 0 unspecified atom stereocenters. The molecular weight excluding hydrogens is 348 g/mol. The second-order valence-electron chi connectivity index (χ2n) is 7.20. The van der Waals surface area contributed by atoms with Crippen LogP contribution in [0.1, 0.15) is 40.4 Å². The maximum absolute atomic E-state index is 12.8. The number of nitrogens with one attached hydrogen (secondary N) is 1. The van der Waals surface area contributed by atoms with Crippen LogP contribution in [0.4, 0.5) is 11.6 Å². The number of anilines is 2. The van der Waals surface area contributed by atoms with Crippen LogP contribution >= 0.6 is 0 Å². The number of hydrogen-bond acceptors (Lipinski definition) is 4. The van der Waals surface area contributed by atoms with Gasteiger partial charge in [-0.1, -0.05) is 36.4 Å². The standard InChI is InChI=1S/C23H24N4O/c1-17-8-5-6-12-20(17)25-23-24-14-13-21(26-23)19-11-7-15-27(16-19)22(28)18-9-3-2-4-10-18/h2-6,8-10,12-14,19H,7,11,15-16H2,1H3,(H,24,25,26)/t19-/m0/s1. The summed E-state index contributed by atoms with van der Waals surface area (Å²) in [5, 5.41) is 3.31.